The Hall–Kier alpha value is -0.260. The van der Waals surface area contributed by atoms with E-state index in [1.165, 1.54) is 0 Å². The molecule has 0 saturated heterocycles. The van der Waals surface area contributed by atoms with Crippen LogP contribution in [0.25, 0.3) is 0 Å². The minimum absolute atomic E-state index is 0.0579. The molecule has 2 atom stereocenters. The van der Waals surface area contributed by atoms with Gasteiger partial charge >= 0.3 is 6.18 Å². The van der Waals surface area contributed by atoms with Crippen LogP contribution in [0.4, 0.5) is 13.2 Å². The largest absolute Gasteiger partial charge is 0.391 e. The van der Waals surface area contributed by atoms with Crippen molar-refractivity contribution in [3.8, 4) is 0 Å². The summed E-state index contributed by atoms with van der Waals surface area (Å²) in [7, 11) is 0. The quantitative estimate of drug-likeness (QED) is 0.798. The van der Waals surface area contributed by atoms with Crippen LogP contribution in [0.5, 0.6) is 0 Å². The Bertz CT molecular complexity index is 245. The Morgan fingerprint density at radius 1 is 1.38 bits per heavy atom. The summed E-state index contributed by atoms with van der Waals surface area (Å²) in [6, 6.07) is 0. The second-order valence-electron chi connectivity index (χ2n) is 4.08. The zero-order valence-electron chi connectivity index (χ0n) is 8.82. The molecule has 0 spiro atoms. The van der Waals surface area contributed by atoms with Crippen molar-refractivity contribution >= 4 is 21.8 Å². The maximum Gasteiger partial charge on any atom is 0.391 e. The molecule has 6 heteroatoms. The molecular formula is C10H15BrF3NO. The van der Waals surface area contributed by atoms with Crippen molar-refractivity contribution in [2.45, 2.75) is 31.9 Å². The first kappa shape index (κ1) is 13.8. The first-order valence-electron chi connectivity index (χ1n) is 5.35. The van der Waals surface area contributed by atoms with E-state index in [0.717, 1.165) is 0 Å². The third-order valence-corrected chi connectivity index (χ3v) is 3.30. The summed E-state index contributed by atoms with van der Waals surface area (Å²) in [4.78, 5) is 11.5. The van der Waals surface area contributed by atoms with Gasteiger partial charge in [0.15, 0.2) is 0 Å². The lowest BCUT2D eigenvalue weighted by Gasteiger charge is -2.29. The first-order chi connectivity index (χ1) is 7.45. The van der Waals surface area contributed by atoms with Gasteiger partial charge in [0.05, 0.1) is 5.92 Å². The molecule has 1 N–H and O–H groups in total. The van der Waals surface area contributed by atoms with Crippen LogP contribution in [0.15, 0.2) is 0 Å². The van der Waals surface area contributed by atoms with Gasteiger partial charge in [-0.3, -0.25) is 4.79 Å². The number of nitrogens with one attached hydrogen (secondary N) is 1. The van der Waals surface area contributed by atoms with E-state index in [1.54, 1.807) is 0 Å². The fourth-order valence-electron chi connectivity index (χ4n) is 2.04. The van der Waals surface area contributed by atoms with Crippen molar-refractivity contribution in [2.75, 3.05) is 11.9 Å². The van der Waals surface area contributed by atoms with E-state index in [-0.39, 0.29) is 18.7 Å². The van der Waals surface area contributed by atoms with Gasteiger partial charge in [-0.1, -0.05) is 22.4 Å². The topological polar surface area (TPSA) is 29.1 Å². The summed E-state index contributed by atoms with van der Waals surface area (Å²) in [6.07, 6.45) is -3.00. The fourth-order valence-corrected chi connectivity index (χ4v) is 2.24. The highest BCUT2D eigenvalue weighted by Gasteiger charge is 2.43. The monoisotopic (exact) mass is 301 g/mol. The van der Waals surface area contributed by atoms with Gasteiger partial charge in [0.25, 0.3) is 0 Å². The van der Waals surface area contributed by atoms with Crippen LogP contribution in [-0.4, -0.2) is 24.0 Å². The zero-order chi connectivity index (χ0) is 12.2. The third kappa shape index (κ3) is 3.96. The van der Waals surface area contributed by atoms with Crippen LogP contribution in [0.3, 0.4) is 0 Å². The molecule has 0 aromatic rings. The van der Waals surface area contributed by atoms with Crippen LogP contribution in [-0.2, 0) is 4.79 Å². The molecular weight excluding hydrogens is 287 g/mol. The molecule has 0 aromatic heterocycles. The van der Waals surface area contributed by atoms with Gasteiger partial charge in [-0.15, -0.1) is 0 Å². The minimum atomic E-state index is -4.16. The van der Waals surface area contributed by atoms with Crippen molar-refractivity contribution in [1.29, 1.82) is 0 Å². The molecule has 16 heavy (non-hydrogen) atoms. The molecule has 0 radical (unpaired) electrons. The molecule has 0 aromatic carbocycles. The number of hydrogen-bond acceptors (Lipinski definition) is 1. The Balaban J connectivity index is 2.47. The number of alkyl halides is 4. The van der Waals surface area contributed by atoms with Crippen LogP contribution in [0.1, 0.15) is 25.7 Å². The van der Waals surface area contributed by atoms with Gasteiger partial charge in [0.1, 0.15) is 0 Å². The normalized spacial score (nSPS) is 26.5. The van der Waals surface area contributed by atoms with E-state index in [1.807, 2.05) is 0 Å². The van der Waals surface area contributed by atoms with Crippen molar-refractivity contribution in [1.82, 2.24) is 5.32 Å². The van der Waals surface area contributed by atoms with Crippen LogP contribution in [0, 0.1) is 11.8 Å². The average molecular weight is 302 g/mol. The molecule has 94 valence electrons. The first-order valence-corrected chi connectivity index (χ1v) is 6.47. The van der Waals surface area contributed by atoms with Gasteiger partial charge in [-0.2, -0.15) is 13.2 Å². The summed E-state index contributed by atoms with van der Waals surface area (Å²) >= 11 is 3.15. The highest BCUT2D eigenvalue weighted by atomic mass is 79.9. The summed E-state index contributed by atoms with van der Waals surface area (Å²) in [6.45, 7) is 0.464. The summed E-state index contributed by atoms with van der Waals surface area (Å²) < 4.78 is 37.5. The lowest BCUT2D eigenvalue weighted by Crippen LogP contribution is -2.37. The maximum atomic E-state index is 12.5. The molecule has 0 bridgehead atoms. The van der Waals surface area contributed by atoms with Crippen LogP contribution in [0.2, 0.25) is 0 Å². The standard InChI is InChI=1S/C10H15BrF3NO/c11-4-5-15-9(16)7-2-1-3-8(6-7)10(12,13)14/h7-8H,1-6H2,(H,15,16). The molecule has 1 rings (SSSR count). The number of amides is 1. The number of carbonyl (C=O) groups is 1. The number of halogens is 4. The molecule has 1 amide bonds. The minimum Gasteiger partial charge on any atom is -0.355 e. The Kier molecular flexibility index (Phi) is 5.08. The van der Waals surface area contributed by atoms with Crippen molar-refractivity contribution in [2.24, 2.45) is 11.8 Å². The van der Waals surface area contributed by atoms with E-state index < -0.39 is 18.0 Å². The van der Waals surface area contributed by atoms with Gasteiger partial charge in [-0.05, 0) is 19.3 Å². The van der Waals surface area contributed by atoms with E-state index in [2.05, 4.69) is 21.2 Å². The van der Waals surface area contributed by atoms with Gasteiger partial charge in [0.2, 0.25) is 5.91 Å². The molecule has 2 nitrogen and oxygen atoms in total. The SMILES string of the molecule is O=C(NCCBr)C1CCCC(C(F)(F)F)C1. The van der Waals surface area contributed by atoms with E-state index in [4.69, 9.17) is 0 Å². The average Bonchev–Trinajstić information content (AvgIpc) is 2.25. The molecule has 1 aliphatic carbocycles. The highest BCUT2D eigenvalue weighted by molar-refractivity contribution is 9.09. The highest BCUT2D eigenvalue weighted by Crippen LogP contribution is 2.39. The summed E-state index contributed by atoms with van der Waals surface area (Å²) in [5.74, 6) is -2.02. The van der Waals surface area contributed by atoms with E-state index in [9.17, 15) is 18.0 Å². The lowest BCUT2D eigenvalue weighted by molar-refractivity contribution is -0.186. The van der Waals surface area contributed by atoms with E-state index >= 15 is 0 Å². The van der Waals surface area contributed by atoms with Gasteiger partial charge < -0.3 is 5.32 Å². The van der Waals surface area contributed by atoms with Crippen LogP contribution < -0.4 is 5.32 Å². The zero-order valence-corrected chi connectivity index (χ0v) is 10.4. The fraction of sp³-hybridized carbons (Fsp3) is 0.900. The van der Waals surface area contributed by atoms with E-state index in [0.29, 0.717) is 24.7 Å². The third-order valence-electron chi connectivity index (χ3n) is 2.90. The molecule has 0 aliphatic heterocycles. The number of rotatable bonds is 3. The Morgan fingerprint density at radius 3 is 2.62 bits per heavy atom. The molecule has 1 saturated carbocycles. The Labute approximate surface area is 101 Å². The second-order valence-corrected chi connectivity index (χ2v) is 4.88. The predicted octanol–water partition coefficient (Wildman–Crippen LogP) is 2.87. The molecule has 1 aliphatic rings. The summed E-state index contributed by atoms with van der Waals surface area (Å²) in [5, 5.41) is 3.24. The second kappa shape index (κ2) is 5.89. The van der Waals surface area contributed by atoms with Gasteiger partial charge in [0, 0.05) is 17.8 Å². The molecule has 0 heterocycles. The predicted molar refractivity (Wildman–Crippen MR) is 58.3 cm³/mol. The molecule has 1 fully saturated rings. The molecule has 2 unspecified atom stereocenters. The number of carbonyl (C=O) groups excluding carboxylic acids is 1. The van der Waals surface area contributed by atoms with Crippen molar-refractivity contribution in [3.05, 3.63) is 0 Å². The Morgan fingerprint density at radius 2 is 2.06 bits per heavy atom. The van der Waals surface area contributed by atoms with Gasteiger partial charge in [-0.25, -0.2) is 0 Å². The van der Waals surface area contributed by atoms with Crippen molar-refractivity contribution in [3.63, 3.8) is 0 Å². The lowest BCUT2D eigenvalue weighted by atomic mass is 9.80. The van der Waals surface area contributed by atoms with Crippen LogP contribution >= 0.6 is 15.9 Å². The maximum absolute atomic E-state index is 12.5. The van der Waals surface area contributed by atoms with Crippen molar-refractivity contribution < 1.29 is 18.0 Å². The number of hydrogen-bond donors (Lipinski definition) is 1. The smallest absolute Gasteiger partial charge is 0.355 e. The summed E-state index contributed by atoms with van der Waals surface area (Å²) in [5.41, 5.74) is 0.